The zero-order valence-corrected chi connectivity index (χ0v) is 19.2. The Morgan fingerprint density at radius 1 is 0.968 bits per heavy atom. The molecule has 2 aromatic carbocycles. The van der Waals surface area contributed by atoms with Gasteiger partial charge in [-0.25, -0.2) is 4.98 Å². The topological polar surface area (TPSA) is 53.1 Å². The number of hydrogen-bond acceptors (Lipinski definition) is 5. The van der Waals surface area contributed by atoms with E-state index in [0.29, 0.717) is 6.04 Å². The lowest BCUT2D eigenvalue weighted by Gasteiger charge is -2.29. The predicted molar refractivity (Wildman–Crippen MR) is 131 cm³/mol. The zero-order valence-electron chi connectivity index (χ0n) is 18.4. The molecule has 0 saturated heterocycles. The van der Waals surface area contributed by atoms with E-state index in [1.54, 1.807) is 0 Å². The van der Waals surface area contributed by atoms with Crippen LogP contribution in [-0.4, -0.2) is 43.2 Å². The van der Waals surface area contributed by atoms with Crippen LogP contribution in [0.1, 0.15) is 31.2 Å². The van der Waals surface area contributed by atoms with Crippen LogP contribution in [0.25, 0.3) is 10.9 Å². The third-order valence-corrected chi connectivity index (χ3v) is 6.38. The molecular formula is C25H32ClN5. The summed E-state index contributed by atoms with van der Waals surface area (Å²) in [6.45, 7) is 2.11. The summed E-state index contributed by atoms with van der Waals surface area (Å²) in [6, 6.07) is 16.8. The van der Waals surface area contributed by atoms with Crippen molar-refractivity contribution in [1.82, 2.24) is 15.3 Å². The van der Waals surface area contributed by atoms with Crippen LogP contribution in [0.3, 0.4) is 0 Å². The lowest BCUT2D eigenvalue weighted by atomic mass is 9.86. The molecule has 0 bridgehead atoms. The maximum Gasteiger partial charge on any atom is 0.225 e. The normalized spacial score (nSPS) is 18.8. The van der Waals surface area contributed by atoms with Crippen molar-refractivity contribution in [3.05, 3.63) is 59.1 Å². The Bertz CT molecular complexity index is 981. The summed E-state index contributed by atoms with van der Waals surface area (Å²) in [5, 5.41) is 9.13. The first kappa shape index (κ1) is 21.8. The van der Waals surface area contributed by atoms with Crippen molar-refractivity contribution < 1.29 is 0 Å². The van der Waals surface area contributed by atoms with Crippen LogP contribution < -0.4 is 15.5 Å². The summed E-state index contributed by atoms with van der Waals surface area (Å²) in [4.78, 5) is 11.6. The molecule has 1 aliphatic rings. The van der Waals surface area contributed by atoms with Crippen LogP contribution in [0.4, 0.5) is 11.8 Å². The standard InChI is InChI=1S/C25H32ClN5/c1-31(2)24-22-5-3-4-6-23(22)29-25(30-24)28-21-13-9-19(10-14-21)17-27-16-15-18-7-11-20(26)12-8-18/h3-8,11-12,19,21,27H,9-10,13-17H2,1-2H3,(H,28,29,30)/t19-,21+. The van der Waals surface area contributed by atoms with Crippen LogP contribution in [0.15, 0.2) is 48.5 Å². The fourth-order valence-electron chi connectivity index (χ4n) is 4.35. The molecule has 1 fully saturated rings. The first-order chi connectivity index (χ1) is 15.1. The Morgan fingerprint density at radius 2 is 1.71 bits per heavy atom. The number of halogens is 1. The van der Waals surface area contributed by atoms with Crippen molar-refractivity contribution in [2.75, 3.05) is 37.4 Å². The van der Waals surface area contributed by atoms with Gasteiger partial charge in [0.25, 0.3) is 0 Å². The van der Waals surface area contributed by atoms with Crippen molar-refractivity contribution in [2.45, 2.75) is 38.1 Å². The van der Waals surface area contributed by atoms with Gasteiger partial charge in [0.05, 0.1) is 5.52 Å². The molecule has 1 aliphatic carbocycles. The van der Waals surface area contributed by atoms with E-state index in [1.807, 2.05) is 38.4 Å². The van der Waals surface area contributed by atoms with Gasteiger partial charge in [0.1, 0.15) is 5.82 Å². The van der Waals surface area contributed by atoms with Gasteiger partial charge in [-0.3, -0.25) is 0 Å². The third-order valence-electron chi connectivity index (χ3n) is 6.12. The van der Waals surface area contributed by atoms with Crippen LogP contribution >= 0.6 is 11.6 Å². The number of rotatable bonds is 8. The average molecular weight is 438 g/mol. The summed E-state index contributed by atoms with van der Waals surface area (Å²) >= 11 is 5.95. The van der Waals surface area contributed by atoms with Gasteiger partial charge in [0, 0.05) is 30.5 Å². The molecule has 6 heteroatoms. The third kappa shape index (κ3) is 5.86. The molecule has 1 aromatic heterocycles. The maximum absolute atomic E-state index is 5.95. The molecule has 1 saturated carbocycles. The number of benzene rings is 2. The highest BCUT2D eigenvalue weighted by Crippen LogP contribution is 2.28. The van der Waals surface area contributed by atoms with Crippen molar-refractivity contribution in [2.24, 2.45) is 5.92 Å². The number of nitrogens with zero attached hydrogens (tertiary/aromatic N) is 3. The van der Waals surface area contributed by atoms with Crippen molar-refractivity contribution in [3.8, 4) is 0 Å². The molecule has 31 heavy (non-hydrogen) atoms. The monoisotopic (exact) mass is 437 g/mol. The number of fused-ring (bicyclic) bond motifs is 1. The molecule has 3 aromatic rings. The molecule has 4 rings (SSSR count). The highest BCUT2D eigenvalue weighted by molar-refractivity contribution is 6.30. The van der Waals surface area contributed by atoms with Gasteiger partial charge < -0.3 is 15.5 Å². The lowest BCUT2D eigenvalue weighted by Crippen LogP contribution is -2.32. The Kier molecular flexibility index (Phi) is 7.25. The SMILES string of the molecule is CN(C)c1nc(N[C@H]2CC[C@@H](CNCCc3ccc(Cl)cc3)CC2)nc2ccccc12. The minimum Gasteiger partial charge on any atom is -0.362 e. The van der Waals surface area contributed by atoms with Crippen LogP contribution in [0, 0.1) is 5.92 Å². The van der Waals surface area contributed by atoms with E-state index < -0.39 is 0 Å². The van der Waals surface area contributed by atoms with Crippen molar-refractivity contribution in [3.63, 3.8) is 0 Å². The molecule has 0 aliphatic heterocycles. The van der Waals surface area contributed by atoms with Gasteiger partial charge in [-0.05, 0) is 80.9 Å². The maximum atomic E-state index is 5.95. The van der Waals surface area contributed by atoms with Gasteiger partial charge >= 0.3 is 0 Å². The van der Waals surface area contributed by atoms with Gasteiger partial charge in [0.15, 0.2) is 0 Å². The largest absolute Gasteiger partial charge is 0.362 e. The van der Waals surface area contributed by atoms with E-state index in [0.717, 1.165) is 66.0 Å². The molecule has 0 unspecified atom stereocenters. The highest BCUT2D eigenvalue weighted by Gasteiger charge is 2.22. The second-order valence-corrected chi connectivity index (χ2v) is 9.16. The summed E-state index contributed by atoms with van der Waals surface area (Å²) < 4.78 is 0. The molecule has 1 heterocycles. The molecule has 0 amide bonds. The van der Waals surface area contributed by atoms with E-state index >= 15 is 0 Å². The number of para-hydroxylation sites is 1. The van der Waals surface area contributed by atoms with Gasteiger partial charge in [-0.2, -0.15) is 4.98 Å². The van der Waals surface area contributed by atoms with Crippen molar-refractivity contribution >= 4 is 34.3 Å². The van der Waals surface area contributed by atoms with Crippen LogP contribution in [0.2, 0.25) is 5.02 Å². The fourth-order valence-corrected chi connectivity index (χ4v) is 4.47. The number of nitrogens with one attached hydrogen (secondary N) is 2. The minimum absolute atomic E-state index is 0.446. The van der Waals surface area contributed by atoms with E-state index in [9.17, 15) is 0 Å². The number of anilines is 2. The van der Waals surface area contributed by atoms with E-state index in [4.69, 9.17) is 21.6 Å². The molecular weight excluding hydrogens is 406 g/mol. The average Bonchev–Trinajstić information content (AvgIpc) is 2.78. The smallest absolute Gasteiger partial charge is 0.225 e. The second-order valence-electron chi connectivity index (χ2n) is 8.72. The summed E-state index contributed by atoms with van der Waals surface area (Å²) in [5.41, 5.74) is 2.32. The summed E-state index contributed by atoms with van der Waals surface area (Å²) in [7, 11) is 4.06. The Hall–Kier alpha value is -2.37. The Labute approximate surface area is 190 Å². The van der Waals surface area contributed by atoms with E-state index in [-0.39, 0.29) is 0 Å². The molecule has 0 radical (unpaired) electrons. The summed E-state index contributed by atoms with van der Waals surface area (Å²) in [5.74, 6) is 2.46. The quantitative estimate of drug-likeness (QED) is 0.477. The van der Waals surface area contributed by atoms with Crippen molar-refractivity contribution in [1.29, 1.82) is 0 Å². The van der Waals surface area contributed by atoms with E-state index in [2.05, 4.69) is 39.8 Å². The number of hydrogen-bond donors (Lipinski definition) is 2. The minimum atomic E-state index is 0.446. The molecule has 0 spiro atoms. The zero-order chi connectivity index (χ0) is 21.6. The van der Waals surface area contributed by atoms with Gasteiger partial charge in [-0.15, -0.1) is 0 Å². The molecule has 164 valence electrons. The molecule has 5 nitrogen and oxygen atoms in total. The Morgan fingerprint density at radius 3 is 2.45 bits per heavy atom. The highest BCUT2D eigenvalue weighted by atomic mass is 35.5. The first-order valence-corrected chi connectivity index (χ1v) is 11.6. The first-order valence-electron chi connectivity index (χ1n) is 11.2. The van der Waals surface area contributed by atoms with Gasteiger partial charge in [0.2, 0.25) is 5.95 Å². The second kappa shape index (κ2) is 10.3. The lowest BCUT2D eigenvalue weighted by molar-refractivity contribution is 0.325. The van der Waals surface area contributed by atoms with Crippen LogP contribution in [-0.2, 0) is 6.42 Å². The summed E-state index contributed by atoms with van der Waals surface area (Å²) in [6.07, 6.45) is 5.84. The van der Waals surface area contributed by atoms with E-state index in [1.165, 1.54) is 18.4 Å². The molecule has 0 atom stereocenters. The fraction of sp³-hybridized carbons (Fsp3) is 0.440. The molecule has 2 N–H and O–H groups in total. The van der Waals surface area contributed by atoms with Gasteiger partial charge in [-0.1, -0.05) is 35.9 Å². The predicted octanol–water partition coefficient (Wildman–Crippen LogP) is 5.15. The number of aromatic nitrogens is 2. The van der Waals surface area contributed by atoms with Crippen LogP contribution in [0.5, 0.6) is 0 Å². The Balaban J connectivity index is 1.24.